The minimum Gasteiger partial charge on any atom is -0.369 e. The smallest absolute Gasteiger partial charge is 0.0405 e. The van der Waals surface area contributed by atoms with Gasteiger partial charge in [0.2, 0.25) is 0 Å². The Balaban J connectivity index is 0.00000225. The van der Waals surface area contributed by atoms with Crippen LogP contribution in [0.5, 0.6) is 0 Å². The summed E-state index contributed by atoms with van der Waals surface area (Å²) in [5.41, 5.74) is 5.45. The summed E-state index contributed by atoms with van der Waals surface area (Å²) in [5.74, 6) is 1.71. The number of anilines is 1. The molecule has 28 heavy (non-hydrogen) atoms. The quantitative estimate of drug-likeness (QED) is 0.583. The minimum atomic E-state index is 0. The van der Waals surface area contributed by atoms with Crippen LogP contribution in [-0.2, 0) is 0 Å². The van der Waals surface area contributed by atoms with Crippen LogP contribution in [0.3, 0.4) is 0 Å². The maximum Gasteiger partial charge on any atom is 0.0405 e. The van der Waals surface area contributed by atoms with E-state index in [0.717, 1.165) is 5.92 Å². The number of rotatable bonds is 4. The molecule has 2 aliphatic carbocycles. The Labute approximate surface area is 179 Å². The average molecular weight is 405 g/mol. The van der Waals surface area contributed by atoms with Crippen LogP contribution in [0.4, 0.5) is 5.69 Å². The summed E-state index contributed by atoms with van der Waals surface area (Å²) >= 11 is 0. The first-order chi connectivity index (χ1) is 12.7. The molecule has 158 valence electrons. The SMILES string of the molecule is Cc1ccc(C2CC(C)(C)CC(C)(C)C2)c(N2CCN(CC3CC3)CC2)c1.Cl. The van der Waals surface area contributed by atoms with Gasteiger partial charge in [-0.1, -0.05) is 39.8 Å². The van der Waals surface area contributed by atoms with Crippen LogP contribution >= 0.6 is 12.4 Å². The van der Waals surface area contributed by atoms with E-state index in [4.69, 9.17) is 0 Å². The number of benzene rings is 1. The maximum absolute atomic E-state index is 2.70. The zero-order chi connectivity index (χ0) is 19.2. The van der Waals surface area contributed by atoms with Gasteiger partial charge in [-0.2, -0.15) is 0 Å². The van der Waals surface area contributed by atoms with Gasteiger partial charge in [0.15, 0.2) is 0 Å². The first kappa shape index (κ1) is 22.0. The van der Waals surface area contributed by atoms with Gasteiger partial charge in [-0.25, -0.2) is 0 Å². The first-order valence-corrected chi connectivity index (χ1v) is 11.3. The monoisotopic (exact) mass is 404 g/mol. The molecule has 0 aromatic heterocycles. The highest BCUT2D eigenvalue weighted by atomic mass is 35.5. The molecule has 0 bridgehead atoms. The maximum atomic E-state index is 2.70. The molecular formula is C25H41ClN2. The molecule has 1 aliphatic heterocycles. The summed E-state index contributed by atoms with van der Waals surface area (Å²) in [7, 11) is 0. The van der Waals surface area contributed by atoms with Crippen LogP contribution in [-0.4, -0.2) is 37.6 Å². The van der Waals surface area contributed by atoms with Crippen molar-refractivity contribution < 1.29 is 0 Å². The molecule has 1 saturated heterocycles. The zero-order valence-electron chi connectivity index (χ0n) is 18.8. The third kappa shape index (κ3) is 5.25. The van der Waals surface area contributed by atoms with Gasteiger partial charge in [-0.3, -0.25) is 4.90 Å². The van der Waals surface area contributed by atoms with Crippen LogP contribution in [0.25, 0.3) is 0 Å². The zero-order valence-corrected chi connectivity index (χ0v) is 19.6. The van der Waals surface area contributed by atoms with Crippen molar-refractivity contribution in [3.8, 4) is 0 Å². The fourth-order valence-electron chi connectivity index (χ4n) is 6.18. The molecule has 0 spiro atoms. The molecule has 1 aromatic rings. The van der Waals surface area contributed by atoms with E-state index in [9.17, 15) is 0 Å². The molecule has 2 nitrogen and oxygen atoms in total. The third-order valence-electron chi connectivity index (χ3n) is 7.11. The number of hydrogen-bond acceptors (Lipinski definition) is 2. The van der Waals surface area contributed by atoms with Crippen molar-refractivity contribution in [1.29, 1.82) is 0 Å². The van der Waals surface area contributed by atoms with E-state index >= 15 is 0 Å². The predicted octanol–water partition coefficient (Wildman–Crippen LogP) is 6.27. The standard InChI is InChI=1S/C25H40N2.ClH/c1-19-6-9-22(21-15-24(2,3)18-25(4,5)16-21)23(14-19)27-12-10-26(11-13-27)17-20-7-8-20;/h6,9,14,20-21H,7-8,10-13,15-18H2,1-5H3;1H. The molecule has 0 radical (unpaired) electrons. The molecule has 3 fully saturated rings. The predicted molar refractivity (Wildman–Crippen MR) is 124 cm³/mol. The van der Waals surface area contributed by atoms with Crippen molar-refractivity contribution >= 4 is 18.1 Å². The molecule has 0 atom stereocenters. The van der Waals surface area contributed by atoms with Gasteiger partial charge in [-0.05, 0) is 78.9 Å². The second-order valence-corrected chi connectivity index (χ2v) is 11.4. The summed E-state index contributed by atoms with van der Waals surface area (Å²) < 4.78 is 0. The Morgan fingerprint density at radius 3 is 2.11 bits per heavy atom. The fourth-order valence-corrected chi connectivity index (χ4v) is 6.18. The lowest BCUT2D eigenvalue weighted by atomic mass is 9.60. The normalized spacial score (nSPS) is 25.4. The molecule has 1 heterocycles. The van der Waals surface area contributed by atoms with Gasteiger partial charge in [-0.15, -0.1) is 12.4 Å². The molecule has 3 heteroatoms. The number of piperazine rings is 1. The number of aryl methyl sites for hydroxylation is 1. The third-order valence-corrected chi connectivity index (χ3v) is 7.11. The second kappa shape index (κ2) is 8.19. The first-order valence-electron chi connectivity index (χ1n) is 11.3. The topological polar surface area (TPSA) is 6.48 Å². The van der Waals surface area contributed by atoms with Crippen molar-refractivity contribution in [2.75, 3.05) is 37.6 Å². The lowest BCUT2D eigenvalue weighted by Gasteiger charge is -2.46. The second-order valence-electron chi connectivity index (χ2n) is 11.4. The lowest BCUT2D eigenvalue weighted by molar-refractivity contribution is 0.0970. The van der Waals surface area contributed by atoms with Gasteiger partial charge in [0.25, 0.3) is 0 Å². The van der Waals surface area contributed by atoms with Crippen molar-refractivity contribution in [3.05, 3.63) is 29.3 Å². The van der Waals surface area contributed by atoms with E-state index in [0.29, 0.717) is 16.7 Å². The highest BCUT2D eigenvalue weighted by Crippen LogP contribution is 2.53. The van der Waals surface area contributed by atoms with Gasteiger partial charge in [0.1, 0.15) is 0 Å². The number of nitrogens with zero attached hydrogens (tertiary/aromatic N) is 2. The van der Waals surface area contributed by atoms with E-state index in [2.05, 4.69) is 62.6 Å². The summed E-state index contributed by atoms with van der Waals surface area (Å²) in [6.45, 7) is 18.4. The lowest BCUT2D eigenvalue weighted by Crippen LogP contribution is -2.47. The Kier molecular flexibility index (Phi) is 6.42. The average Bonchev–Trinajstić information content (AvgIpc) is 3.36. The van der Waals surface area contributed by atoms with Crippen molar-refractivity contribution in [3.63, 3.8) is 0 Å². The Morgan fingerprint density at radius 2 is 1.54 bits per heavy atom. The van der Waals surface area contributed by atoms with E-state index in [1.165, 1.54) is 70.4 Å². The molecule has 0 amide bonds. The summed E-state index contributed by atoms with van der Waals surface area (Å²) in [4.78, 5) is 5.40. The minimum absolute atomic E-state index is 0. The van der Waals surface area contributed by atoms with Crippen LogP contribution in [0.2, 0.25) is 0 Å². The van der Waals surface area contributed by atoms with Crippen LogP contribution in [0.1, 0.15) is 76.8 Å². The molecule has 0 N–H and O–H groups in total. The number of halogens is 1. The van der Waals surface area contributed by atoms with Crippen LogP contribution in [0, 0.1) is 23.7 Å². The van der Waals surface area contributed by atoms with E-state index in [1.54, 1.807) is 11.3 Å². The molecule has 1 aromatic carbocycles. The largest absolute Gasteiger partial charge is 0.369 e. The number of hydrogen-bond donors (Lipinski definition) is 0. The van der Waals surface area contributed by atoms with Gasteiger partial charge in [0, 0.05) is 38.4 Å². The van der Waals surface area contributed by atoms with Crippen LogP contribution < -0.4 is 4.90 Å². The van der Waals surface area contributed by atoms with Crippen molar-refractivity contribution in [1.82, 2.24) is 4.90 Å². The Bertz CT molecular complexity index is 653. The molecular weight excluding hydrogens is 364 g/mol. The summed E-state index contributed by atoms with van der Waals surface area (Å²) in [6.07, 6.45) is 6.94. The summed E-state index contributed by atoms with van der Waals surface area (Å²) in [6, 6.07) is 7.28. The van der Waals surface area contributed by atoms with Gasteiger partial charge >= 0.3 is 0 Å². The van der Waals surface area contributed by atoms with Crippen molar-refractivity contribution in [2.24, 2.45) is 16.7 Å². The Hall–Kier alpha value is -0.730. The molecule has 2 saturated carbocycles. The Morgan fingerprint density at radius 1 is 0.929 bits per heavy atom. The van der Waals surface area contributed by atoms with Crippen molar-refractivity contribution in [2.45, 2.75) is 72.6 Å². The summed E-state index contributed by atoms with van der Waals surface area (Å²) in [5, 5.41) is 0. The highest BCUT2D eigenvalue weighted by molar-refractivity contribution is 5.85. The van der Waals surface area contributed by atoms with E-state index in [-0.39, 0.29) is 12.4 Å². The highest BCUT2D eigenvalue weighted by Gasteiger charge is 2.40. The van der Waals surface area contributed by atoms with E-state index < -0.39 is 0 Å². The van der Waals surface area contributed by atoms with Crippen LogP contribution in [0.15, 0.2) is 18.2 Å². The van der Waals surface area contributed by atoms with E-state index in [1.807, 2.05) is 0 Å². The van der Waals surface area contributed by atoms with Gasteiger partial charge in [0.05, 0.1) is 0 Å². The van der Waals surface area contributed by atoms with Gasteiger partial charge < -0.3 is 4.90 Å². The molecule has 0 unspecified atom stereocenters. The molecule has 4 rings (SSSR count). The molecule has 3 aliphatic rings. The fraction of sp³-hybridized carbons (Fsp3) is 0.760.